The highest BCUT2D eigenvalue weighted by Crippen LogP contribution is 2.23. The summed E-state index contributed by atoms with van der Waals surface area (Å²) in [6.07, 6.45) is 2.38. The maximum absolute atomic E-state index is 3.71. The molecule has 0 spiro atoms. The van der Waals surface area contributed by atoms with Crippen LogP contribution in [0.5, 0.6) is 0 Å². The molecule has 1 atom stereocenters. The van der Waals surface area contributed by atoms with Crippen molar-refractivity contribution in [3.8, 4) is 0 Å². The molecule has 1 aromatic carbocycles. The minimum atomic E-state index is 0.311. The second-order valence-corrected chi connectivity index (χ2v) is 6.58. The van der Waals surface area contributed by atoms with Gasteiger partial charge in [0.25, 0.3) is 0 Å². The van der Waals surface area contributed by atoms with Gasteiger partial charge in [0.15, 0.2) is 0 Å². The number of para-hydroxylation sites is 1. The van der Waals surface area contributed by atoms with Gasteiger partial charge in [-0.1, -0.05) is 45.9 Å². The van der Waals surface area contributed by atoms with Crippen molar-refractivity contribution in [2.24, 2.45) is 5.41 Å². The van der Waals surface area contributed by atoms with Crippen LogP contribution in [0.3, 0.4) is 0 Å². The Kier molecular flexibility index (Phi) is 7.08. The van der Waals surface area contributed by atoms with Crippen molar-refractivity contribution in [2.75, 3.05) is 24.5 Å². The first-order chi connectivity index (χ1) is 9.49. The van der Waals surface area contributed by atoms with Crippen molar-refractivity contribution in [2.45, 2.75) is 53.5 Å². The maximum Gasteiger partial charge on any atom is 0.0366 e. The summed E-state index contributed by atoms with van der Waals surface area (Å²) in [5.74, 6) is 0. The Labute approximate surface area is 125 Å². The van der Waals surface area contributed by atoms with Gasteiger partial charge in [-0.25, -0.2) is 0 Å². The van der Waals surface area contributed by atoms with Crippen LogP contribution in [-0.2, 0) is 0 Å². The monoisotopic (exact) mass is 276 g/mol. The first-order valence-corrected chi connectivity index (χ1v) is 8.02. The van der Waals surface area contributed by atoms with E-state index in [4.69, 9.17) is 0 Å². The lowest BCUT2D eigenvalue weighted by Gasteiger charge is -2.34. The highest BCUT2D eigenvalue weighted by molar-refractivity contribution is 5.45. The minimum absolute atomic E-state index is 0.311. The molecule has 0 saturated heterocycles. The molecule has 2 nitrogen and oxygen atoms in total. The zero-order valence-electron chi connectivity index (χ0n) is 13.9. The van der Waals surface area contributed by atoms with Crippen molar-refractivity contribution >= 4 is 5.69 Å². The van der Waals surface area contributed by atoms with Crippen LogP contribution in [0.2, 0.25) is 0 Å². The molecule has 2 heteroatoms. The van der Waals surface area contributed by atoms with E-state index in [1.165, 1.54) is 18.5 Å². The second-order valence-electron chi connectivity index (χ2n) is 6.58. The van der Waals surface area contributed by atoms with E-state index in [0.29, 0.717) is 11.5 Å². The minimum Gasteiger partial charge on any atom is -0.372 e. The molecule has 0 fully saturated rings. The lowest BCUT2D eigenvalue weighted by atomic mass is 9.84. The van der Waals surface area contributed by atoms with Gasteiger partial charge in [0.1, 0.15) is 0 Å². The Morgan fingerprint density at radius 1 is 1.10 bits per heavy atom. The Balaban J connectivity index is 2.60. The summed E-state index contributed by atoms with van der Waals surface area (Å²) >= 11 is 0. The molecular weight excluding hydrogens is 244 g/mol. The van der Waals surface area contributed by atoms with Gasteiger partial charge in [0, 0.05) is 24.8 Å². The Hall–Kier alpha value is -1.02. The summed E-state index contributed by atoms with van der Waals surface area (Å²) in [6, 6.07) is 11.3. The van der Waals surface area contributed by atoms with Gasteiger partial charge in [-0.2, -0.15) is 0 Å². The number of hydrogen-bond acceptors (Lipinski definition) is 2. The van der Waals surface area contributed by atoms with Crippen molar-refractivity contribution in [1.29, 1.82) is 0 Å². The molecule has 1 aromatic rings. The largest absolute Gasteiger partial charge is 0.372 e. The fraction of sp³-hybridized carbons (Fsp3) is 0.667. The van der Waals surface area contributed by atoms with Crippen LogP contribution in [0.15, 0.2) is 30.3 Å². The van der Waals surface area contributed by atoms with E-state index in [9.17, 15) is 0 Å². The van der Waals surface area contributed by atoms with E-state index in [0.717, 1.165) is 19.6 Å². The van der Waals surface area contributed by atoms with Gasteiger partial charge < -0.3 is 10.2 Å². The van der Waals surface area contributed by atoms with Gasteiger partial charge in [0.05, 0.1) is 0 Å². The average Bonchev–Trinajstić information content (AvgIpc) is 2.42. The third-order valence-corrected chi connectivity index (χ3v) is 3.88. The van der Waals surface area contributed by atoms with Crippen LogP contribution in [0.25, 0.3) is 0 Å². The van der Waals surface area contributed by atoms with Crippen molar-refractivity contribution < 1.29 is 0 Å². The summed E-state index contributed by atoms with van der Waals surface area (Å²) < 4.78 is 0. The topological polar surface area (TPSA) is 15.3 Å². The van der Waals surface area contributed by atoms with Gasteiger partial charge in [0.2, 0.25) is 0 Å². The summed E-state index contributed by atoms with van der Waals surface area (Å²) in [5.41, 5.74) is 1.64. The van der Waals surface area contributed by atoms with Gasteiger partial charge in [-0.05, 0) is 43.9 Å². The summed E-state index contributed by atoms with van der Waals surface area (Å²) in [7, 11) is 0. The smallest absolute Gasteiger partial charge is 0.0366 e. The molecule has 0 saturated carbocycles. The lowest BCUT2D eigenvalue weighted by Crippen LogP contribution is -2.43. The predicted octanol–water partition coefficient (Wildman–Crippen LogP) is 4.32. The highest BCUT2D eigenvalue weighted by atomic mass is 15.1. The van der Waals surface area contributed by atoms with Crippen LogP contribution in [0, 0.1) is 5.41 Å². The fourth-order valence-electron chi connectivity index (χ4n) is 2.55. The van der Waals surface area contributed by atoms with Crippen LogP contribution >= 0.6 is 0 Å². The molecule has 20 heavy (non-hydrogen) atoms. The number of nitrogens with zero attached hydrogens (tertiary/aromatic N) is 1. The molecule has 0 aliphatic rings. The fourth-order valence-corrected chi connectivity index (χ4v) is 2.55. The molecular formula is C18H32N2. The predicted molar refractivity (Wildman–Crippen MR) is 90.5 cm³/mol. The normalized spacial score (nSPS) is 13.2. The van der Waals surface area contributed by atoms with Crippen LogP contribution in [0.4, 0.5) is 5.69 Å². The quantitative estimate of drug-likeness (QED) is 0.761. The molecule has 1 N–H and O–H groups in total. The van der Waals surface area contributed by atoms with Crippen molar-refractivity contribution in [1.82, 2.24) is 5.32 Å². The summed E-state index contributed by atoms with van der Waals surface area (Å²) in [6.45, 7) is 14.7. The van der Waals surface area contributed by atoms with Crippen LogP contribution in [-0.4, -0.2) is 25.7 Å². The maximum atomic E-state index is 3.71. The SMILES string of the molecule is CCCNC(CCN(CC)c1ccccc1)C(C)(C)C. The van der Waals surface area contributed by atoms with E-state index >= 15 is 0 Å². The van der Waals surface area contributed by atoms with Gasteiger partial charge in [-0.3, -0.25) is 0 Å². The van der Waals surface area contributed by atoms with Crippen molar-refractivity contribution in [3.05, 3.63) is 30.3 Å². The molecule has 0 aromatic heterocycles. The number of nitrogens with one attached hydrogen (secondary N) is 1. The molecule has 0 amide bonds. The van der Waals surface area contributed by atoms with Crippen molar-refractivity contribution in [3.63, 3.8) is 0 Å². The number of benzene rings is 1. The second kappa shape index (κ2) is 8.31. The zero-order valence-corrected chi connectivity index (χ0v) is 13.9. The molecule has 0 radical (unpaired) electrons. The molecule has 114 valence electrons. The Morgan fingerprint density at radius 2 is 1.75 bits per heavy atom. The number of rotatable bonds is 8. The first-order valence-electron chi connectivity index (χ1n) is 8.02. The lowest BCUT2D eigenvalue weighted by molar-refractivity contribution is 0.256. The molecule has 1 rings (SSSR count). The third-order valence-electron chi connectivity index (χ3n) is 3.88. The molecule has 1 unspecified atom stereocenters. The average molecular weight is 276 g/mol. The standard InChI is InChI=1S/C18H32N2/c1-6-14-19-17(18(3,4)5)13-15-20(7-2)16-11-9-8-10-12-16/h8-12,17,19H,6-7,13-15H2,1-5H3. The molecule has 0 heterocycles. The Bertz CT molecular complexity index is 353. The highest BCUT2D eigenvalue weighted by Gasteiger charge is 2.24. The van der Waals surface area contributed by atoms with E-state index < -0.39 is 0 Å². The van der Waals surface area contributed by atoms with Gasteiger partial charge >= 0.3 is 0 Å². The zero-order chi connectivity index (χ0) is 15.0. The first kappa shape index (κ1) is 17.0. The van der Waals surface area contributed by atoms with Crippen LogP contribution in [0.1, 0.15) is 47.5 Å². The van der Waals surface area contributed by atoms with E-state index in [2.05, 4.69) is 75.2 Å². The molecule has 0 aliphatic carbocycles. The summed E-state index contributed by atoms with van der Waals surface area (Å²) in [5, 5.41) is 3.71. The molecule has 0 aliphatic heterocycles. The van der Waals surface area contributed by atoms with E-state index in [1.807, 2.05) is 0 Å². The summed E-state index contributed by atoms with van der Waals surface area (Å²) in [4.78, 5) is 2.46. The number of anilines is 1. The Morgan fingerprint density at radius 3 is 2.25 bits per heavy atom. The number of hydrogen-bond donors (Lipinski definition) is 1. The van der Waals surface area contributed by atoms with E-state index in [-0.39, 0.29) is 0 Å². The third kappa shape index (κ3) is 5.54. The van der Waals surface area contributed by atoms with Crippen LogP contribution < -0.4 is 10.2 Å². The van der Waals surface area contributed by atoms with Gasteiger partial charge in [-0.15, -0.1) is 0 Å². The molecule has 0 bridgehead atoms. The van der Waals surface area contributed by atoms with E-state index in [1.54, 1.807) is 0 Å².